The van der Waals surface area contributed by atoms with Gasteiger partial charge < -0.3 is 24.7 Å². The molecule has 2 N–H and O–H groups in total. The van der Waals surface area contributed by atoms with Crippen LogP contribution in [0.1, 0.15) is 35.8 Å². The molecule has 1 aromatic heterocycles. The zero-order chi connectivity index (χ0) is 26.5. The lowest BCUT2D eigenvalue weighted by molar-refractivity contribution is -0.0773. The summed E-state index contributed by atoms with van der Waals surface area (Å²) in [5, 5.41) is 0. The molecule has 2 unspecified atom stereocenters. The topological polar surface area (TPSA) is 97.8 Å². The first kappa shape index (κ1) is 25.5. The van der Waals surface area contributed by atoms with E-state index in [0.29, 0.717) is 13.0 Å². The van der Waals surface area contributed by atoms with Crippen LogP contribution in [0.4, 0.5) is 5.82 Å². The summed E-state index contributed by atoms with van der Waals surface area (Å²) in [5.74, 6) is 1.71. The van der Waals surface area contributed by atoms with Crippen LogP contribution < -0.4 is 20.9 Å². The predicted octanol–water partition coefficient (Wildman–Crippen LogP) is 4.53. The summed E-state index contributed by atoms with van der Waals surface area (Å²) in [4.78, 5) is 16.2. The Labute approximate surface area is 221 Å². The molecular formula is C30H31N3O5. The number of hydrogen-bond acceptors (Lipinski definition) is 7. The molecule has 4 aromatic rings. The number of anilines is 1. The number of ether oxygens (including phenoxy) is 4. The molecule has 1 aliphatic heterocycles. The average Bonchev–Trinajstić information content (AvgIpc) is 3.43. The van der Waals surface area contributed by atoms with Crippen LogP contribution in [0, 0.1) is 0 Å². The van der Waals surface area contributed by atoms with Crippen LogP contribution in [-0.2, 0) is 15.1 Å². The molecule has 0 amide bonds. The van der Waals surface area contributed by atoms with E-state index in [1.807, 2.05) is 66.7 Å². The Balaban J connectivity index is 1.51. The van der Waals surface area contributed by atoms with Crippen molar-refractivity contribution < 1.29 is 18.9 Å². The fourth-order valence-electron chi connectivity index (χ4n) is 4.95. The SMILES string of the molecule is COc1ccc(C(OCC2CCC(n3ccc(N)nc3=O)O2)(c2ccccc2)c2ccc(OC)cc2)cc1. The van der Waals surface area contributed by atoms with E-state index in [4.69, 9.17) is 24.7 Å². The zero-order valence-electron chi connectivity index (χ0n) is 21.4. The first-order chi connectivity index (χ1) is 18.5. The number of nitrogens with two attached hydrogens (primary N) is 1. The van der Waals surface area contributed by atoms with Crippen molar-refractivity contribution in [2.45, 2.75) is 30.8 Å². The quantitative estimate of drug-likeness (QED) is 0.329. The molecule has 2 atom stereocenters. The first-order valence-corrected chi connectivity index (χ1v) is 12.5. The van der Waals surface area contributed by atoms with Gasteiger partial charge in [-0.1, -0.05) is 54.6 Å². The summed E-state index contributed by atoms with van der Waals surface area (Å²) < 4.78 is 25.5. The van der Waals surface area contributed by atoms with Gasteiger partial charge in [0.15, 0.2) is 0 Å². The predicted molar refractivity (Wildman–Crippen MR) is 144 cm³/mol. The lowest BCUT2D eigenvalue weighted by atomic mass is 9.80. The van der Waals surface area contributed by atoms with Gasteiger partial charge >= 0.3 is 5.69 Å². The average molecular weight is 514 g/mol. The molecule has 1 aliphatic rings. The Bertz CT molecular complexity index is 1360. The van der Waals surface area contributed by atoms with Crippen LogP contribution in [0.3, 0.4) is 0 Å². The molecule has 0 aliphatic carbocycles. The molecule has 0 saturated carbocycles. The van der Waals surface area contributed by atoms with Gasteiger partial charge in [-0.25, -0.2) is 4.79 Å². The van der Waals surface area contributed by atoms with Gasteiger partial charge in [-0.05, 0) is 59.9 Å². The first-order valence-electron chi connectivity index (χ1n) is 12.5. The number of nitrogen functional groups attached to an aromatic ring is 1. The van der Waals surface area contributed by atoms with E-state index in [1.54, 1.807) is 26.5 Å². The molecule has 8 heteroatoms. The third kappa shape index (κ3) is 5.01. The highest BCUT2D eigenvalue weighted by Crippen LogP contribution is 2.42. The maximum absolute atomic E-state index is 12.4. The molecule has 1 fully saturated rings. The van der Waals surface area contributed by atoms with Gasteiger partial charge in [0.05, 0.1) is 26.9 Å². The third-order valence-electron chi connectivity index (χ3n) is 6.91. The molecule has 0 bridgehead atoms. The van der Waals surface area contributed by atoms with Gasteiger partial charge in [-0.2, -0.15) is 4.98 Å². The van der Waals surface area contributed by atoms with Crippen molar-refractivity contribution in [1.29, 1.82) is 0 Å². The van der Waals surface area contributed by atoms with Crippen LogP contribution in [0.2, 0.25) is 0 Å². The summed E-state index contributed by atoms with van der Waals surface area (Å²) in [7, 11) is 3.30. The van der Waals surface area contributed by atoms with Crippen LogP contribution in [-0.4, -0.2) is 36.5 Å². The van der Waals surface area contributed by atoms with Gasteiger partial charge in [0.2, 0.25) is 0 Å². The molecule has 38 heavy (non-hydrogen) atoms. The normalized spacial score (nSPS) is 17.3. The number of hydrogen-bond donors (Lipinski definition) is 1. The number of benzene rings is 3. The van der Waals surface area contributed by atoms with Crippen molar-refractivity contribution >= 4 is 5.82 Å². The van der Waals surface area contributed by atoms with Crippen molar-refractivity contribution in [2.24, 2.45) is 0 Å². The highest BCUT2D eigenvalue weighted by molar-refractivity contribution is 5.49. The lowest BCUT2D eigenvalue weighted by Crippen LogP contribution is -2.36. The van der Waals surface area contributed by atoms with Crippen molar-refractivity contribution in [3.63, 3.8) is 0 Å². The van der Waals surface area contributed by atoms with Gasteiger partial charge in [0.1, 0.15) is 29.1 Å². The van der Waals surface area contributed by atoms with E-state index < -0.39 is 17.5 Å². The Kier molecular flexibility index (Phi) is 7.44. The highest BCUT2D eigenvalue weighted by Gasteiger charge is 2.39. The van der Waals surface area contributed by atoms with Crippen molar-refractivity contribution in [3.05, 3.63) is 118 Å². The molecule has 0 spiro atoms. The van der Waals surface area contributed by atoms with Crippen LogP contribution in [0.15, 0.2) is 95.9 Å². The maximum Gasteiger partial charge on any atom is 0.351 e. The summed E-state index contributed by atoms with van der Waals surface area (Å²) >= 11 is 0. The summed E-state index contributed by atoms with van der Waals surface area (Å²) in [6, 6.07) is 27.5. The van der Waals surface area contributed by atoms with E-state index in [2.05, 4.69) is 17.1 Å². The molecule has 0 radical (unpaired) electrons. The van der Waals surface area contributed by atoms with Crippen molar-refractivity contribution in [2.75, 3.05) is 26.6 Å². The van der Waals surface area contributed by atoms with E-state index in [9.17, 15) is 4.79 Å². The van der Waals surface area contributed by atoms with E-state index >= 15 is 0 Å². The van der Waals surface area contributed by atoms with Crippen LogP contribution in [0.5, 0.6) is 11.5 Å². The van der Waals surface area contributed by atoms with Gasteiger partial charge in [-0.15, -0.1) is 0 Å². The van der Waals surface area contributed by atoms with E-state index in [-0.39, 0.29) is 11.9 Å². The molecule has 5 rings (SSSR count). The minimum absolute atomic E-state index is 0.191. The summed E-state index contributed by atoms with van der Waals surface area (Å²) in [5.41, 5.74) is 7.17. The fourth-order valence-corrected chi connectivity index (χ4v) is 4.95. The van der Waals surface area contributed by atoms with Crippen molar-refractivity contribution in [1.82, 2.24) is 9.55 Å². The lowest BCUT2D eigenvalue weighted by Gasteiger charge is -2.37. The van der Waals surface area contributed by atoms with E-state index in [0.717, 1.165) is 34.6 Å². The van der Waals surface area contributed by atoms with Crippen molar-refractivity contribution in [3.8, 4) is 11.5 Å². The smallest absolute Gasteiger partial charge is 0.351 e. The Morgan fingerprint density at radius 2 is 1.45 bits per heavy atom. The molecule has 1 saturated heterocycles. The largest absolute Gasteiger partial charge is 0.497 e. The molecule has 2 heterocycles. The maximum atomic E-state index is 12.4. The molecule has 3 aromatic carbocycles. The number of aromatic nitrogens is 2. The van der Waals surface area contributed by atoms with Crippen LogP contribution in [0.25, 0.3) is 0 Å². The number of nitrogens with zero attached hydrogens (tertiary/aromatic N) is 2. The molecular weight excluding hydrogens is 482 g/mol. The third-order valence-corrected chi connectivity index (χ3v) is 6.91. The van der Waals surface area contributed by atoms with Crippen LogP contribution >= 0.6 is 0 Å². The molecule has 8 nitrogen and oxygen atoms in total. The fraction of sp³-hybridized carbons (Fsp3) is 0.267. The highest BCUT2D eigenvalue weighted by atomic mass is 16.6. The second-order valence-corrected chi connectivity index (χ2v) is 9.15. The monoisotopic (exact) mass is 513 g/mol. The van der Waals surface area contributed by atoms with E-state index in [1.165, 1.54) is 4.57 Å². The second-order valence-electron chi connectivity index (χ2n) is 9.15. The Morgan fingerprint density at radius 1 is 0.868 bits per heavy atom. The minimum Gasteiger partial charge on any atom is -0.497 e. The zero-order valence-corrected chi connectivity index (χ0v) is 21.4. The summed E-state index contributed by atoms with van der Waals surface area (Å²) in [6.07, 6.45) is 2.39. The standard InChI is InChI=1S/C30H31N3O5/c1-35-24-12-8-22(9-13-24)30(21-6-4-3-5-7-21,23-10-14-25(36-2)15-11-23)37-20-26-16-17-28(38-26)33-19-18-27(31)32-29(33)34/h3-15,18-19,26,28H,16-17,20H2,1-2H3,(H2,31,32,34). The second kappa shape index (κ2) is 11.1. The number of rotatable bonds is 9. The Hall–Kier alpha value is -4.14. The Morgan fingerprint density at radius 3 is 2.00 bits per heavy atom. The number of methoxy groups -OCH3 is 2. The minimum atomic E-state index is -0.930. The molecule has 196 valence electrons. The van der Waals surface area contributed by atoms with Gasteiger partial charge in [0.25, 0.3) is 0 Å². The van der Waals surface area contributed by atoms with Gasteiger partial charge in [0, 0.05) is 6.20 Å². The summed E-state index contributed by atoms with van der Waals surface area (Å²) in [6.45, 7) is 0.306. The van der Waals surface area contributed by atoms with Gasteiger partial charge in [-0.3, -0.25) is 4.57 Å².